The van der Waals surface area contributed by atoms with Crippen LogP contribution in [-0.4, -0.2) is 20.1 Å². The van der Waals surface area contributed by atoms with Crippen molar-refractivity contribution in [2.75, 3.05) is 0 Å². The maximum Gasteiger partial charge on any atom is 0.116 e. The van der Waals surface area contributed by atoms with Gasteiger partial charge in [-0.3, -0.25) is 0 Å². The monoisotopic (exact) mass is 307 g/mol. The first-order valence-electron chi connectivity index (χ1n) is 7.56. The van der Waals surface area contributed by atoms with Crippen molar-refractivity contribution in [2.24, 2.45) is 0 Å². The van der Waals surface area contributed by atoms with Crippen molar-refractivity contribution in [3.8, 4) is 11.3 Å². The fourth-order valence-corrected chi connectivity index (χ4v) is 2.65. The van der Waals surface area contributed by atoms with Crippen molar-refractivity contribution in [3.05, 3.63) is 35.0 Å². The molecular weight excluding hydrogens is 286 g/mol. The van der Waals surface area contributed by atoms with E-state index in [4.69, 9.17) is 11.6 Å². The van der Waals surface area contributed by atoms with Gasteiger partial charge in [0.25, 0.3) is 0 Å². The van der Waals surface area contributed by atoms with E-state index in [9.17, 15) is 5.11 Å². The third-order valence-corrected chi connectivity index (χ3v) is 3.89. The van der Waals surface area contributed by atoms with Crippen LogP contribution >= 0.6 is 11.6 Å². The van der Waals surface area contributed by atoms with Gasteiger partial charge in [-0.05, 0) is 12.5 Å². The summed E-state index contributed by atoms with van der Waals surface area (Å²) < 4.78 is 1.86. The lowest BCUT2D eigenvalue weighted by molar-refractivity contribution is 0.277. The van der Waals surface area contributed by atoms with E-state index in [0.717, 1.165) is 24.2 Å². The van der Waals surface area contributed by atoms with E-state index in [2.05, 4.69) is 17.2 Å². The van der Waals surface area contributed by atoms with Gasteiger partial charge in [-0.1, -0.05) is 67.6 Å². The first kappa shape index (κ1) is 16.0. The van der Waals surface area contributed by atoms with Crippen LogP contribution in [0, 0.1) is 0 Å². The molecule has 0 bridgehead atoms. The molecular formula is C16H22ClN3O. The molecule has 1 aromatic carbocycles. The van der Waals surface area contributed by atoms with Crippen molar-refractivity contribution in [1.82, 2.24) is 15.0 Å². The lowest BCUT2D eigenvalue weighted by Crippen LogP contribution is -2.04. The van der Waals surface area contributed by atoms with Crippen LogP contribution < -0.4 is 0 Å². The molecule has 0 spiro atoms. The molecule has 0 aliphatic heterocycles. The van der Waals surface area contributed by atoms with Crippen LogP contribution in [0.1, 0.15) is 44.7 Å². The smallest absolute Gasteiger partial charge is 0.116 e. The molecule has 0 radical (unpaired) electrons. The fourth-order valence-electron chi connectivity index (χ4n) is 2.42. The van der Waals surface area contributed by atoms with E-state index >= 15 is 0 Å². The summed E-state index contributed by atoms with van der Waals surface area (Å²) in [5, 5.41) is 18.4. The number of aliphatic hydroxyl groups is 1. The zero-order valence-corrected chi connectivity index (χ0v) is 13.2. The van der Waals surface area contributed by atoms with Gasteiger partial charge in [-0.15, -0.1) is 5.10 Å². The average molecular weight is 308 g/mol. The standard InChI is InChI=1S/C16H22ClN3O/c1-2-3-4-5-8-11-20-16(15(12-21)18-19-20)13-9-6-7-10-14(13)17/h6-7,9-10,21H,2-5,8,11-12H2,1H3. The predicted octanol–water partition coefficient (Wildman–Crippen LogP) is 4.06. The molecule has 0 unspecified atom stereocenters. The van der Waals surface area contributed by atoms with Gasteiger partial charge in [-0.25, -0.2) is 4.68 Å². The Morgan fingerprint density at radius 1 is 1.14 bits per heavy atom. The Bertz CT molecular complexity index is 568. The van der Waals surface area contributed by atoms with Gasteiger partial charge in [-0.2, -0.15) is 0 Å². The Balaban J connectivity index is 2.16. The summed E-state index contributed by atoms with van der Waals surface area (Å²) in [4.78, 5) is 0. The van der Waals surface area contributed by atoms with E-state index in [-0.39, 0.29) is 6.61 Å². The molecule has 0 aliphatic rings. The molecule has 0 aliphatic carbocycles. The number of hydrogen-bond acceptors (Lipinski definition) is 3. The number of benzene rings is 1. The first-order chi connectivity index (χ1) is 10.3. The van der Waals surface area contributed by atoms with Gasteiger partial charge < -0.3 is 5.11 Å². The minimum atomic E-state index is -0.129. The summed E-state index contributed by atoms with van der Waals surface area (Å²) >= 11 is 6.27. The second-order valence-electron chi connectivity index (χ2n) is 5.16. The highest BCUT2D eigenvalue weighted by molar-refractivity contribution is 6.33. The molecule has 0 atom stereocenters. The molecule has 0 fully saturated rings. The molecule has 114 valence electrons. The second kappa shape index (κ2) is 8.15. The van der Waals surface area contributed by atoms with Crippen LogP contribution in [0.5, 0.6) is 0 Å². The Hall–Kier alpha value is -1.39. The van der Waals surface area contributed by atoms with Crippen molar-refractivity contribution in [2.45, 2.75) is 52.2 Å². The first-order valence-corrected chi connectivity index (χ1v) is 7.93. The third kappa shape index (κ3) is 4.05. The zero-order valence-electron chi connectivity index (χ0n) is 12.4. The average Bonchev–Trinajstić information content (AvgIpc) is 2.90. The van der Waals surface area contributed by atoms with Gasteiger partial charge in [0.15, 0.2) is 0 Å². The summed E-state index contributed by atoms with van der Waals surface area (Å²) in [6.07, 6.45) is 6.01. The maximum absolute atomic E-state index is 9.47. The second-order valence-corrected chi connectivity index (χ2v) is 5.57. The molecule has 1 aromatic heterocycles. The summed E-state index contributed by atoms with van der Waals surface area (Å²) in [7, 11) is 0. The number of nitrogens with zero attached hydrogens (tertiary/aromatic N) is 3. The Morgan fingerprint density at radius 2 is 1.90 bits per heavy atom. The largest absolute Gasteiger partial charge is 0.390 e. The Kier molecular flexibility index (Phi) is 6.21. The van der Waals surface area contributed by atoms with E-state index in [1.807, 2.05) is 28.9 Å². The summed E-state index contributed by atoms with van der Waals surface area (Å²) in [5.41, 5.74) is 2.29. The number of rotatable bonds is 8. The minimum Gasteiger partial charge on any atom is -0.390 e. The molecule has 1 heterocycles. The van der Waals surface area contributed by atoms with Gasteiger partial charge in [0.2, 0.25) is 0 Å². The van der Waals surface area contributed by atoms with Gasteiger partial charge in [0, 0.05) is 12.1 Å². The lowest BCUT2D eigenvalue weighted by atomic mass is 10.1. The highest BCUT2D eigenvalue weighted by Gasteiger charge is 2.16. The predicted molar refractivity (Wildman–Crippen MR) is 85.1 cm³/mol. The van der Waals surface area contributed by atoms with E-state index in [1.54, 1.807) is 0 Å². The number of hydrogen-bond donors (Lipinski definition) is 1. The van der Waals surface area contributed by atoms with Crippen LogP contribution in [0.25, 0.3) is 11.3 Å². The number of unbranched alkanes of at least 4 members (excludes halogenated alkanes) is 4. The highest BCUT2D eigenvalue weighted by Crippen LogP contribution is 2.29. The SMILES string of the molecule is CCCCCCCn1nnc(CO)c1-c1ccccc1Cl. The topological polar surface area (TPSA) is 50.9 Å². The third-order valence-electron chi connectivity index (χ3n) is 3.56. The summed E-state index contributed by atoms with van der Waals surface area (Å²) in [6, 6.07) is 7.61. The minimum absolute atomic E-state index is 0.129. The molecule has 0 amide bonds. The molecule has 4 nitrogen and oxygen atoms in total. The maximum atomic E-state index is 9.47. The Labute approximate surface area is 130 Å². The number of aliphatic hydroxyl groups excluding tert-OH is 1. The van der Waals surface area contributed by atoms with Crippen molar-refractivity contribution >= 4 is 11.6 Å². The van der Waals surface area contributed by atoms with Crippen molar-refractivity contribution < 1.29 is 5.11 Å². The van der Waals surface area contributed by atoms with Crippen molar-refractivity contribution in [1.29, 1.82) is 0 Å². The summed E-state index contributed by atoms with van der Waals surface area (Å²) in [6.45, 7) is 2.88. The highest BCUT2D eigenvalue weighted by atomic mass is 35.5. The molecule has 0 saturated carbocycles. The van der Waals surface area contributed by atoms with Crippen LogP contribution in [0.15, 0.2) is 24.3 Å². The number of aryl methyl sites for hydroxylation is 1. The van der Waals surface area contributed by atoms with Gasteiger partial charge in [0.1, 0.15) is 5.69 Å². The summed E-state index contributed by atoms with van der Waals surface area (Å²) in [5.74, 6) is 0. The fraction of sp³-hybridized carbons (Fsp3) is 0.500. The quantitative estimate of drug-likeness (QED) is 0.748. The number of halogens is 1. The molecule has 2 aromatic rings. The van der Waals surface area contributed by atoms with Crippen LogP contribution in [0.2, 0.25) is 5.02 Å². The normalized spacial score (nSPS) is 11.0. The molecule has 1 N–H and O–H groups in total. The zero-order chi connectivity index (χ0) is 15.1. The number of aromatic nitrogens is 3. The molecule has 0 saturated heterocycles. The van der Waals surface area contributed by atoms with Crippen molar-refractivity contribution in [3.63, 3.8) is 0 Å². The van der Waals surface area contributed by atoms with Crippen LogP contribution in [0.3, 0.4) is 0 Å². The molecule has 5 heteroatoms. The van der Waals surface area contributed by atoms with E-state index in [1.165, 1.54) is 25.7 Å². The molecule has 21 heavy (non-hydrogen) atoms. The lowest BCUT2D eigenvalue weighted by Gasteiger charge is -2.09. The van der Waals surface area contributed by atoms with Crippen LogP contribution in [-0.2, 0) is 13.2 Å². The van der Waals surface area contributed by atoms with E-state index in [0.29, 0.717) is 10.7 Å². The van der Waals surface area contributed by atoms with Gasteiger partial charge in [0.05, 0.1) is 17.3 Å². The van der Waals surface area contributed by atoms with E-state index < -0.39 is 0 Å². The Morgan fingerprint density at radius 3 is 2.62 bits per heavy atom. The van der Waals surface area contributed by atoms with Crippen LogP contribution in [0.4, 0.5) is 0 Å². The molecule has 2 rings (SSSR count). The van der Waals surface area contributed by atoms with Gasteiger partial charge >= 0.3 is 0 Å².